The second-order valence-corrected chi connectivity index (χ2v) is 7.57. The van der Waals surface area contributed by atoms with Gasteiger partial charge in [0.15, 0.2) is 5.78 Å². The molecule has 0 unspecified atom stereocenters. The molecule has 0 radical (unpaired) electrons. The van der Waals surface area contributed by atoms with Gasteiger partial charge in [0.1, 0.15) is 5.76 Å². The van der Waals surface area contributed by atoms with Gasteiger partial charge >= 0.3 is 5.97 Å². The summed E-state index contributed by atoms with van der Waals surface area (Å²) in [6, 6.07) is 0. The van der Waals surface area contributed by atoms with E-state index < -0.39 is 5.54 Å². The standard InChI is InChI=1S/C17H27NO4/c1-16(2,3)18-11(7-8-14(21)22-6)15-12(19)9-17(4,5)10-13(15)20/h19H,7-10H2,1-6H3. The fraction of sp³-hybridized carbons (Fsp3) is 0.706. The molecule has 1 N–H and O–H groups in total. The maximum absolute atomic E-state index is 12.4. The summed E-state index contributed by atoms with van der Waals surface area (Å²) in [4.78, 5) is 28.4. The summed E-state index contributed by atoms with van der Waals surface area (Å²) >= 11 is 0. The summed E-state index contributed by atoms with van der Waals surface area (Å²) in [5, 5.41) is 10.3. The molecule has 22 heavy (non-hydrogen) atoms. The van der Waals surface area contributed by atoms with Crippen LogP contribution < -0.4 is 0 Å². The summed E-state index contributed by atoms with van der Waals surface area (Å²) in [5.41, 5.74) is 0.139. The van der Waals surface area contributed by atoms with Crippen molar-refractivity contribution in [1.29, 1.82) is 0 Å². The molecule has 5 nitrogen and oxygen atoms in total. The van der Waals surface area contributed by atoms with E-state index in [1.807, 2.05) is 34.6 Å². The normalized spacial score (nSPS) is 19.4. The Labute approximate surface area is 132 Å². The molecule has 1 aliphatic rings. The number of allylic oxidation sites excluding steroid dienone is 2. The Hall–Kier alpha value is -1.65. The summed E-state index contributed by atoms with van der Waals surface area (Å²) in [5.74, 6) is -0.388. The Kier molecular flexibility index (Phi) is 5.54. The van der Waals surface area contributed by atoms with Gasteiger partial charge in [0, 0.05) is 19.3 Å². The minimum Gasteiger partial charge on any atom is -0.511 e. The maximum atomic E-state index is 12.4. The van der Waals surface area contributed by atoms with Crippen molar-refractivity contribution in [2.45, 2.75) is 65.8 Å². The molecule has 0 aromatic heterocycles. The highest BCUT2D eigenvalue weighted by Gasteiger charge is 2.35. The lowest BCUT2D eigenvalue weighted by atomic mass is 9.75. The third-order valence-corrected chi connectivity index (χ3v) is 3.41. The number of carbonyl (C=O) groups excluding carboxylic acids is 2. The number of ether oxygens (including phenoxy) is 1. The highest BCUT2D eigenvalue weighted by molar-refractivity contribution is 6.23. The molecule has 0 heterocycles. The average molecular weight is 309 g/mol. The number of esters is 1. The lowest BCUT2D eigenvalue weighted by molar-refractivity contribution is -0.140. The quantitative estimate of drug-likeness (QED) is 0.638. The monoisotopic (exact) mass is 309 g/mol. The first-order valence-corrected chi connectivity index (χ1v) is 7.56. The number of rotatable bonds is 4. The van der Waals surface area contributed by atoms with Crippen LogP contribution in [0.3, 0.4) is 0 Å². The van der Waals surface area contributed by atoms with E-state index in [0.29, 0.717) is 18.6 Å². The number of ketones is 1. The Morgan fingerprint density at radius 2 is 1.86 bits per heavy atom. The molecule has 0 spiro atoms. The van der Waals surface area contributed by atoms with Gasteiger partial charge in [0.25, 0.3) is 0 Å². The van der Waals surface area contributed by atoms with Crippen LogP contribution in [0.5, 0.6) is 0 Å². The van der Waals surface area contributed by atoms with Crippen molar-refractivity contribution in [3.8, 4) is 0 Å². The van der Waals surface area contributed by atoms with Crippen LogP contribution in [-0.2, 0) is 14.3 Å². The first-order chi connectivity index (χ1) is 9.95. The molecule has 0 fully saturated rings. The summed E-state index contributed by atoms with van der Waals surface area (Å²) < 4.78 is 4.65. The van der Waals surface area contributed by atoms with Gasteiger partial charge in [-0.05, 0) is 26.2 Å². The molecule has 1 rings (SSSR count). The molecule has 0 aliphatic heterocycles. The van der Waals surface area contributed by atoms with Crippen LogP contribution in [0.2, 0.25) is 0 Å². The van der Waals surface area contributed by atoms with E-state index in [0.717, 1.165) is 0 Å². The molecule has 0 saturated carbocycles. The smallest absolute Gasteiger partial charge is 0.305 e. The number of methoxy groups -OCH3 is 1. The van der Waals surface area contributed by atoms with E-state index in [1.165, 1.54) is 7.11 Å². The van der Waals surface area contributed by atoms with Crippen molar-refractivity contribution in [2.75, 3.05) is 7.11 Å². The van der Waals surface area contributed by atoms with E-state index in [4.69, 9.17) is 0 Å². The predicted molar refractivity (Wildman–Crippen MR) is 86.1 cm³/mol. The lowest BCUT2D eigenvalue weighted by Gasteiger charge is -2.30. The molecule has 1 aliphatic carbocycles. The molecule has 0 bridgehead atoms. The topological polar surface area (TPSA) is 76.0 Å². The van der Waals surface area contributed by atoms with Crippen LogP contribution in [0.1, 0.15) is 60.3 Å². The van der Waals surface area contributed by atoms with Crippen LogP contribution in [0.15, 0.2) is 16.3 Å². The first-order valence-electron chi connectivity index (χ1n) is 7.56. The van der Waals surface area contributed by atoms with Crippen molar-refractivity contribution in [2.24, 2.45) is 10.4 Å². The van der Waals surface area contributed by atoms with Gasteiger partial charge in [0.2, 0.25) is 0 Å². The fourth-order valence-corrected chi connectivity index (χ4v) is 2.58. The fourth-order valence-electron chi connectivity index (χ4n) is 2.58. The van der Waals surface area contributed by atoms with E-state index in [9.17, 15) is 14.7 Å². The molecule has 0 saturated heterocycles. The van der Waals surface area contributed by atoms with Gasteiger partial charge in [-0.2, -0.15) is 0 Å². The number of nitrogens with zero attached hydrogens (tertiary/aromatic N) is 1. The number of Topliss-reactive ketones (excluding diaryl/α,β-unsaturated/α-hetero) is 1. The highest BCUT2D eigenvalue weighted by Crippen LogP contribution is 2.37. The average Bonchev–Trinajstić information content (AvgIpc) is 2.30. The van der Waals surface area contributed by atoms with Gasteiger partial charge in [-0.15, -0.1) is 0 Å². The van der Waals surface area contributed by atoms with Crippen LogP contribution in [-0.4, -0.2) is 35.2 Å². The zero-order valence-electron chi connectivity index (χ0n) is 14.4. The van der Waals surface area contributed by atoms with Crippen LogP contribution in [0.25, 0.3) is 0 Å². The zero-order valence-corrected chi connectivity index (χ0v) is 14.4. The Morgan fingerprint density at radius 1 is 1.27 bits per heavy atom. The molecule has 124 valence electrons. The highest BCUT2D eigenvalue weighted by atomic mass is 16.5. The second-order valence-electron chi connectivity index (χ2n) is 7.57. The molecule has 0 atom stereocenters. The third-order valence-electron chi connectivity index (χ3n) is 3.41. The number of aliphatic imine (C=N–C) groups is 1. The van der Waals surface area contributed by atoms with Crippen LogP contribution in [0, 0.1) is 5.41 Å². The minimum absolute atomic E-state index is 0.0779. The number of hydrogen-bond acceptors (Lipinski definition) is 5. The van der Waals surface area contributed by atoms with E-state index in [2.05, 4.69) is 9.73 Å². The van der Waals surface area contributed by atoms with Crippen molar-refractivity contribution in [3.05, 3.63) is 11.3 Å². The van der Waals surface area contributed by atoms with Crippen molar-refractivity contribution in [3.63, 3.8) is 0 Å². The Balaban J connectivity index is 3.18. The minimum atomic E-state index is -0.397. The van der Waals surface area contributed by atoms with Gasteiger partial charge < -0.3 is 9.84 Å². The largest absolute Gasteiger partial charge is 0.511 e. The van der Waals surface area contributed by atoms with Gasteiger partial charge in [-0.1, -0.05) is 13.8 Å². The number of aliphatic hydroxyl groups is 1. The maximum Gasteiger partial charge on any atom is 0.305 e. The van der Waals surface area contributed by atoms with Gasteiger partial charge in [-0.25, -0.2) is 0 Å². The van der Waals surface area contributed by atoms with E-state index in [1.54, 1.807) is 0 Å². The number of hydrogen-bond donors (Lipinski definition) is 1. The van der Waals surface area contributed by atoms with E-state index in [-0.39, 0.29) is 41.3 Å². The first kappa shape index (κ1) is 18.4. The number of carbonyl (C=O) groups is 2. The number of aliphatic hydroxyl groups excluding tert-OH is 1. The van der Waals surface area contributed by atoms with E-state index >= 15 is 0 Å². The molecular weight excluding hydrogens is 282 g/mol. The van der Waals surface area contributed by atoms with Gasteiger partial charge in [-0.3, -0.25) is 14.6 Å². The summed E-state index contributed by atoms with van der Waals surface area (Å²) in [7, 11) is 1.33. The molecular formula is C17H27NO4. The van der Waals surface area contributed by atoms with Crippen LogP contribution in [0.4, 0.5) is 0 Å². The Bertz CT molecular complexity index is 521. The van der Waals surface area contributed by atoms with Crippen molar-refractivity contribution >= 4 is 17.5 Å². The molecule has 0 amide bonds. The SMILES string of the molecule is COC(=O)CCC(=NC(C)(C)C)C1=C(O)CC(C)(C)CC1=O. The third kappa shape index (κ3) is 5.28. The summed E-state index contributed by atoms with van der Waals surface area (Å²) in [6.45, 7) is 9.65. The summed E-state index contributed by atoms with van der Waals surface area (Å²) in [6.07, 6.45) is 1.23. The predicted octanol–water partition coefficient (Wildman–Crippen LogP) is 3.38. The molecule has 0 aromatic rings. The lowest BCUT2D eigenvalue weighted by Crippen LogP contribution is -2.30. The molecule has 0 aromatic carbocycles. The second kappa shape index (κ2) is 6.63. The Morgan fingerprint density at radius 3 is 2.32 bits per heavy atom. The van der Waals surface area contributed by atoms with Crippen LogP contribution >= 0.6 is 0 Å². The van der Waals surface area contributed by atoms with Gasteiger partial charge in [0.05, 0.1) is 30.4 Å². The van der Waals surface area contributed by atoms with Crippen molar-refractivity contribution in [1.82, 2.24) is 0 Å². The zero-order chi connectivity index (χ0) is 17.1. The molecule has 5 heteroatoms. The van der Waals surface area contributed by atoms with Crippen molar-refractivity contribution < 1.29 is 19.4 Å².